The molecule has 1 aromatic heterocycles. The van der Waals surface area contributed by atoms with Gasteiger partial charge in [0.2, 0.25) is 0 Å². The molecule has 1 aliphatic heterocycles. The molecule has 1 aliphatic rings. The maximum atomic E-state index is 6.51. The highest BCUT2D eigenvalue weighted by molar-refractivity contribution is 9.10. The summed E-state index contributed by atoms with van der Waals surface area (Å²) >= 11 is 10.0. The maximum Gasteiger partial charge on any atom is 0.127 e. The van der Waals surface area contributed by atoms with E-state index >= 15 is 0 Å². The fourth-order valence-electron chi connectivity index (χ4n) is 2.23. The number of hydrogen-bond donors (Lipinski definition) is 0. The van der Waals surface area contributed by atoms with Gasteiger partial charge >= 0.3 is 0 Å². The van der Waals surface area contributed by atoms with Gasteiger partial charge in [0.1, 0.15) is 22.6 Å². The summed E-state index contributed by atoms with van der Waals surface area (Å²) in [6.45, 7) is 2.63. The topological polar surface area (TPSA) is 22.4 Å². The average molecular weight is 328 g/mol. The second-order valence-electron chi connectivity index (χ2n) is 4.39. The first-order valence-corrected chi connectivity index (χ1v) is 7.03. The molecule has 18 heavy (non-hydrogen) atoms. The van der Waals surface area contributed by atoms with Gasteiger partial charge in [0.05, 0.1) is 6.61 Å². The van der Waals surface area contributed by atoms with Gasteiger partial charge in [0.25, 0.3) is 0 Å². The summed E-state index contributed by atoms with van der Waals surface area (Å²) < 4.78 is 12.3. The van der Waals surface area contributed by atoms with E-state index < -0.39 is 0 Å². The Morgan fingerprint density at radius 1 is 1.33 bits per heavy atom. The van der Waals surface area contributed by atoms with Crippen LogP contribution in [0, 0.1) is 6.92 Å². The van der Waals surface area contributed by atoms with E-state index in [0.717, 1.165) is 40.3 Å². The molecule has 0 fully saturated rings. The van der Waals surface area contributed by atoms with Crippen LogP contribution in [0.15, 0.2) is 33.2 Å². The van der Waals surface area contributed by atoms with Crippen LogP contribution in [0.3, 0.4) is 0 Å². The Labute approximate surface area is 119 Å². The number of furan rings is 1. The van der Waals surface area contributed by atoms with E-state index in [-0.39, 0.29) is 5.38 Å². The minimum absolute atomic E-state index is 0.317. The summed E-state index contributed by atoms with van der Waals surface area (Å²) in [6, 6.07) is 7.92. The molecule has 0 bridgehead atoms. The molecule has 0 amide bonds. The highest BCUT2D eigenvalue weighted by atomic mass is 79.9. The van der Waals surface area contributed by atoms with Crippen LogP contribution < -0.4 is 4.74 Å². The number of fused-ring (bicyclic) bond motifs is 1. The van der Waals surface area contributed by atoms with Crippen molar-refractivity contribution in [3.8, 4) is 5.75 Å². The Bertz CT molecular complexity index is 591. The van der Waals surface area contributed by atoms with Crippen LogP contribution in [0.1, 0.15) is 28.0 Å². The van der Waals surface area contributed by atoms with Gasteiger partial charge in [0, 0.05) is 16.5 Å². The van der Waals surface area contributed by atoms with Crippen molar-refractivity contribution in [2.45, 2.75) is 18.7 Å². The second-order valence-corrected chi connectivity index (χ2v) is 5.74. The fourth-order valence-corrected chi connectivity index (χ4v) is 3.03. The number of hydrogen-bond acceptors (Lipinski definition) is 2. The molecule has 2 heterocycles. The Hall–Kier alpha value is -0.930. The molecular weight excluding hydrogens is 316 g/mol. The zero-order valence-corrected chi connectivity index (χ0v) is 12.2. The lowest BCUT2D eigenvalue weighted by molar-refractivity contribution is 0.352. The first-order chi connectivity index (χ1) is 8.65. The van der Waals surface area contributed by atoms with Crippen molar-refractivity contribution in [3.05, 3.63) is 51.4 Å². The molecular formula is C14H12BrClO2. The summed E-state index contributed by atoms with van der Waals surface area (Å²) in [6.07, 6.45) is 0.933. The van der Waals surface area contributed by atoms with E-state index in [1.807, 2.05) is 25.1 Å². The molecule has 0 N–H and O–H groups in total. The predicted octanol–water partition coefficient (Wildman–Crippen LogP) is 4.61. The number of benzene rings is 1. The zero-order chi connectivity index (χ0) is 12.7. The van der Waals surface area contributed by atoms with Crippen LogP contribution in [0.4, 0.5) is 0 Å². The quantitative estimate of drug-likeness (QED) is 0.751. The molecule has 3 rings (SSSR count). The number of rotatable bonds is 2. The monoisotopic (exact) mass is 326 g/mol. The first kappa shape index (κ1) is 12.1. The highest BCUT2D eigenvalue weighted by Gasteiger charge is 2.24. The SMILES string of the molecule is Cc1ccc(C(Cl)c2cc(Br)cc3c2OCC3)o1. The van der Waals surface area contributed by atoms with Crippen LogP contribution in [0.25, 0.3) is 0 Å². The third-order valence-electron chi connectivity index (χ3n) is 3.06. The summed E-state index contributed by atoms with van der Waals surface area (Å²) in [4.78, 5) is 0. The molecule has 4 heteroatoms. The Balaban J connectivity index is 2.06. The molecule has 0 saturated carbocycles. The number of alkyl halides is 1. The van der Waals surface area contributed by atoms with Gasteiger partial charge in [-0.15, -0.1) is 11.6 Å². The number of aryl methyl sites for hydroxylation is 1. The predicted molar refractivity (Wildman–Crippen MR) is 74.5 cm³/mol. The van der Waals surface area contributed by atoms with Crippen molar-refractivity contribution in [3.63, 3.8) is 0 Å². The Morgan fingerprint density at radius 2 is 2.17 bits per heavy atom. The summed E-state index contributed by atoms with van der Waals surface area (Å²) in [5, 5.41) is -0.317. The van der Waals surface area contributed by atoms with Crippen LogP contribution in [0.5, 0.6) is 5.75 Å². The average Bonchev–Trinajstić information content (AvgIpc) is 2.95. The summed E-state index contributed by atoms with van der Waals surface area (Å²) in [5.41, 5.74) is 2.17. The van der Waals surface area contributed by atoms with E-state index in [1.54, 1.807) is 0 Å². The van der Waals surface area contributed by atoms with Gasteiger partial charge < -0.3 is 9.15 Å². The van der Waals surface area contributed by atoms with Gasteiger partial charge in [-0.2, -0.15) is 0 Å². The van der Waals surface area contributed by atoms with Crippen molar-refractivity contribution in [2.75, 3.05) is 6.61 Å². The van der Waals surface area contributed by atoms with Crippen LogP contribution in [0.2, 0.25) is 0 Å². The summed E-state index contributed by atoms with van der Waals surface area (Å²) in [7, 11) is 0. The lowest BCUT2D eigenvalue weighted by Gasteiger charge is -2.12. The van der Waals surface area contributed by atoms with Gasteiger partial charge in [0.15, 0.2) is 0 Å². The molecule has 94 valence electrons. The van der Waals surface area contributed by atoms with Crippen molar-refractivity contribution in [1.29, 1.82) is 0 Å². The molecule has 2 aromatic rings. The third kappa shape index (κ3) is 2.06. The molecule has 0 radical (unpaired) electrons. The second kappa shape index (κ2) is 4.63. The van der Waals surface area contributed by atoms with Gasteiger partial charge in [-0.1, -0.05) is 15.9 Å². The summed E-state index contributed by atoms with van der Waals surface area (Å²) in [5.74, 6) is 2.53. The smallest absolute Gasteiger partial charge is 0.127 e. The van der Waals surface area contributed by atoms with Gasteiger partial charge in [-0.05, 0) is 36.8 Å². The number of ether oxygens (including phenoxy) is 1. The maximum absolute atomic E-state index is 6.51. The largest absolute Gasteiger partial charge is 0.493 e. The minimum Gasteiger partial charge on any atom is -0.493 e. The normalized spacial score (nSPS) is 15.3. The van der Waals surface area contributed by atoms with Crippen molar-refractivity contribution in [2.24, 2.45) is 0 Å². The molecule has 0 spiro atoms. The van der Waals surface area contributed by atoms with Crippen molar-refractivity contribution >= 4 is 27.5 Å². The standard InChI is InChI=1S/C14H12BrClO2/c1-8-2-3-12(18-8)13(16)11-7-10(15)6-9-4-5-17-14(9)11/h2-3,6-7,13H,4-5H2,1H3. The molecule has 0 saturated heterocycles. The lowest BCUT2D eigenvalue weighted by atomic mass is 10.0. The van der Waals surface area contributed by atoms with E-state index in [2.05, 4.69) is 22.0 Å². The number of halogens is 2. The van der Waals surface area contributed by atoms with E-state index in [1.165, 1.54) is 5.56 Å². The lowest BCUT2D eigenvalue weighted by Crippen LogP contribution is -1.96. The van der Waals surface area contributed by atoms with Crippen LogP contribution in [-0.4, -0.2) is 6.61 Å². The Morgan fingerprint density at radius 3 is 2.89 bits per heavy atom. The van der Waals surface area contributed by atoms with Crippen molar-refractivity contribution < 1.29 is 9.15 Å². The minimum atomic E-state index is -0.317. The Kier molecular flexibility index (Phi) is 3.12. The van der Waals surface area contributed by atoms with E-state index in [4.69, 9.17) is 20.8 Å². The van der Waals surface area contributed by atoms with Crippen LogP contribution in [-0.2, 0) is 6.42 Å². The fraction of sp³-hybridized carbons (Fsp3) is 0.286. The molecule has 0 aliphatic carbocycles. The zero-order valence-electron chi connectivity index (χ0n) is 9.87. The van der Waals surface area contributed by atoms with Gasteiger partial charge in [-0.3, -0.25) is 0 Å². The molecule has 1 atom stereocenters. The van der Waals surface area contributed by atoms with Crippen LogP contribution >= 0.6 is 27.5 Å². The third-order valence-corrected chi connectivity index (χ3v) is 3.97. The molecule has 2 nitrogen and oxygen atoms in total. The van der Waals surface area contributed by atoms with Gasteiger partial charge in [-0.25, -0.2) is 0 Å². The van der Waals surface area contributed by atoms with E-state index in [9.17, 15) is 0 Å². The first-order valence-electron chi connectivity index (χ1n) is 5.80. The van der Waals surface area contributed by atoms with E-state index in [0.29, 0.717) is 0 Å². The van der Waals surface area contributed by atoms with Crippen molar-refractivity contribution in [1.82, 2.24) is 0 Å². The molecule has 1 unspecified atom stereocenters. The highest BCUT2D eigenvalue weighted by Crippen LogP contribution is 2.41. The molecule has 1 aromatic carbocycles.